The Kier molecular flexibility index (Phi) is 7.29. The number of ether oxygens (including phenoxy) is 3. The van der Waals surface area contributed by atoms with E-state index in [1.165, 1.54) is 0 Å². The van der Waals surface area contributed by atoms with Gasteiger partial charge >= 0.3 is 5.97 Å². The van der Waals surface area contributed by atoms with Crippen LogP contribution in [-0.4, -0.2) is 44.1 Å². The molecule has 0 saturated heterocycles. The second kappa shape index (κ2) is 7.60. The molecule has 0 saturated carbocycles. The highest BCUT2D eigenvalue weighted by Gasteiger charge is 2.25. The summed E-state index contributed by atoms with van der Waals surface area (Å²) in [6.45, 7) is 7.34. The quantitative estimate of drug-likeness (QED) is 0.489. The third kappa shape index (κ3) is 7.62. The van der Waals surface area contributed by atoms with Gasteiger partial charge in [0.25, 0.3) is 0 Å². The van der Waals surface area contributed by atoms with Crippen LogP contribution in [0.4, 0.5) is 0 Å². The topological polar surface area (TPSA) is 64.7 Å². The lowest BCUT2D eigenvalue weighted by Crippen LogP contribution is -2.36. The van der Waals surface area contributed by atoms with Crippen LogP contribution in [-0.2, 0) is 24.1 Å². The number of hydrogen-bond donors (Lipinski definition) is 0. The number of carbonyl (C=O) groups excluding carboxylic acids is 1. The third-order valence-corrected chi connectivity index (χ3v) is 1.53. The van der Waals surface area contributed by atoms with Crippen LogP contribution in [0.3, 0.4) is 0 Å². The second-order valence-electron chi connectivity index (χ2n) is 4.26. The van der Waals surface area contributed by atoms with E-state index in [4.69, 9.17) is 14.2 Å². The van der Waals surface area contributed by atoms with E-state index in [9.17, 15) is 9.90 Å². The van der Waals surface area contributed by atoms with Crippen LogP contribution in [0, 0.1) is 0 Å². The zero-order valence-corrected chi connectivity index (χ0v) is 10.4. The molecule has 0 rings (SSSR count). The molecule has 0 N–H and O–H groups in total. The van der Waals surface area contributed by atoms with Gasteiger partial charge in [0, 0.05) is 6.61 Å². The molecule has 95 valence electrons. The summed E-state index contributed by atoms with van der Waals surface area (Å²) >= 11 is 0. The summed E-state index contributed by atoms with van der Waals surface area (Å²) in [5.41, 5.74) is -0.551. The maximum atomic E-state index is 11.6. The summed E-state index contributed by atoms with van der Waals surface area (Å²) in [6.07, 6.45) is -0.754. The summed E-state index contributed by atoms with van der Waals surface area (Å²) in [7, 11) is 0. The van der Waals surface area contributed by atoms with Gasteiger partial charge in [-0.3, -0.25) is 0 Å². The second-order valence-corrected chi connectivity index (χ2v) is 4.26. The maximum Gasteiger partial charge on any atom is 0.338 e. The lowest BCUT2D eigenvalue weighted by molar-refractivity contribution is -0.172. The lowest BCUT2D eigenvalue weighted by atomic mass is 10.2. The molecule has 1 radical (unpaired) electrons. The van der Waals surface area contributed by atoms with Gasteiger partial charge in [-0.25, -0.2) is 9.90 Å². The van der Waals surface area contributed by atoms with E-state index in [1.807, 2.05) is 0 Å². The van der Waals surface area contributed by atoms with Crippen molar-refractivity contribution in [1.29, 1.82) is 0 Å². The molecule has 1 atom stereocenters. The number of rotatable bonds is 7. The average Bonchev–Trinajstić information content (AvgIpc) is 2.14. The van der Waals surface area contributed by atoms with E-state index in [-0.39, 0.29) is 19.8 Å². The predicted molar refractivity (Wildman–Crippen MR) is 57.6 cm³/mol. The van der Waals surface area contributed by atoms with Crippen molar-refractivity contribution in [3.63, 3.8) is 0 Å². The summed E-state index contributed by atoms with van der Waals surface area (Å²) in [5.74, 6) is -0.458. The largest absolute Gasteiger partial charge is 0.458 e. The Bertz CT molecular complexity index is 197. The SMILES string of the molecule is CCOC(COCC[O])C(=O)OC(C)(C)C. The Morgan fingerprint density at radius 1 is 1.31 bits per heavy atom. The first kappa shape index (κ1) is 15.3. The summed E-state index contributed by atoms with van der Waals surface area (Å²) < 4.78 is 15.4. The zero-order chi connectivity index (χ0) is 12.6. The van der Waals surface area contributed by atoms with E-state index in [1.54, 1.807) is 27.7 Å². The normalized spacial score (nSPS) is 13.6. The van der Waals surface area contributed by atoms with Gasteiger partial charge in [-0.1, -0.05) is 0 Å². The molecule has 0 heterocycles. The molecular weight excluding hydrogens is 212 g/mol. The molecule has 0 amide bonds. The monoisotopic (exact) mass is 233 g/mol. The molecule has 0 aliphatic heterocycles. The maximum absolute atomic E-state index is 11.6. The van der Waals surface area contributed by atoms with Crippen LogP contribution in [0.15, 0.2) is 0 Å². The van der Waals surface area contributed by atoms with Crippen molar-refractivity contribution in [2.75, 3.05) is 26.4 Å². The van der Waals surface area contributed by atoms with Crippen LogP contribution < -0.4 is 0 Å². The third-order valence-electron chi connectivity index (χ3n) is 1.53. The molecule has 5 heteroatoms. The Labute approximate surface area is 96.7 Å². The van der Waals surface area contributed by atoms with Crippen molar-refractivity contribution >= 4 is 5.97 Å². The van der Waals surface area contributed by atoms with Crippen LogP contribution in [0.25, 0.3) is 0 Å². The number of carbonyl (C=O) groups is 1. The molecule has 0 aromatic heterocycles. The molecule has 5 nitrogen and oxygen atoms in total. The van der Waals surface area contributed by atoms with Gasteiger partial charge in [0.15, 0.2) is 6.10 Å². The van der Waals surface area contributed by atoms with E-state index in [0.717, 1.165) is 0 Å². The van der Waals surface area contributed by atoms with E-state index >= 15 is 0 Å². The summed E-state index contributed by atoms with van der Waals surface area (Å²) in [4.78, 5) is 11.6. The van der Waals surface area contributed by atoms with Crippen molar-refractivity contribution < 1.29 is 24.1 Å². The van der Waals surface area contributed by atoms with Crippen molar-refractivity contribution in [3.8, 4) is 0 Å². The minimum atomic E-state index is -0.754. The van der Waals surface area contributed by atoms with E-state index in [2.05, 4.69) is 0 Å². The zero-order valence-electron chi connectivity index (χ0n) is 10.4. The Morgan fingerprint density at radius 3 is 2.38 bits per heavy atom. The first-order chi connectivity index (χ1) is 7.40. The number of esters is 1. The fourth-order valence-electron chi connectivity index (χ4n) is 1.00. The molecule has 16 heavy (non-hydrogen) atoms. The van der Waals surface area contributed by atoms with Gasteiger partial charge in [0.05, 0.1) is 13.2 Å². The minimum absolute atomic E-state index is 0.0605. The number of hydrogen-bond acceptors (Lipinski definition) is 4. The van der Waals surface area contributed by atoms with Gasteiger partial charge in [-0.05, 0) is 27.7 Å². The van der Waals surface area contributed by atoms with Crippen molar-refractivity contribution in [1.82, 2.24) is 0 Å². The van der Waals surface area contributed by atoms with Crippen molar-refractivity contribution in [2.45, 2.75) is 39.4 Å². The minimum Gasteiger partial charge on any atom is -0.458 e. The summed E-state index contributed by atoms with van der Waals surface area (Å²) in [5, 5.41) is 10.2. The fraction of sp³-hybridized carbons (Fsp3) is 0.909. The van der Waals surface area contributed by atoms with E-state index in [0.29, 0.717) is 6.61 Å². The smallest absolute Gasteiger partial charge is 0.338 e. The molecule has 0 aromatic rings. The molecular formula is C11H21O5. The standard InChI is InChI=1S/C11H21O5/c1-5-15-9(8-14-7-6-12)10(13)16-11(2,3)4/h9H,5-8H2,1-4H3. The fourth-order valence-corrected chi connectivity index (χ4v) is 1.00. The van der Waals surface area contributed by atoms with Crippen LogP contribution in [0.5, 0.6) is 0 Å². The van der Waals surface area contributed by atoms with Crippen molar-refractivity contribution in [3.05, 3.63) is 0 Å². The highest BCUT2D eigenvalue weighted by atomic mass is 16.6. The van der Waals surface area contributed by atoms with Gasteiger partial charge in [-0.15, -0.1) is 0 Å². The molecule has 0 aliphatic rings. The predicted octanol–water partition coefficient (Wildman–Crippen LogP) is 1.18. The molecule has 0 bridgehead atoms. The molecule has 0 aliphatic carbocycles. The lowest BCUT2D eigenvalue weighted by Gasteiger charge is -2.23. The molecule has 0 aromatic carbocycles. The first-order valence-electron chi connectivity index (χ1n) is 5.41. The highest BCUT2D eigenvalue weighted by molar-refractivity contribution is 5.75. The van der Waals surface area contributed by atoms with Gasteiger partial charge in [0.2, 0.25) is 0 Å². The van der Waals surface area contributed by atoms with Crippen LogP contribution in [0.2, 0.25) is 0 Å². The highest BCUT2D eigenvalue weighted by Crippen LogP contribution is 2.10. The summed E-state index contributed by atoms with van der Waals surface area (Å²) in [6, 6.07) is 0. The molecule has 0 fully saturated rings. The van der Waals surface area contributed by atoms with Crippen molar-refractivity contribution in [2.24, 2.45) is 0 Å². The Hall–Kier alpha value is -0.650. The Morgan fingerprint density at radius 2 is 1.94 bits per heavy atom. The average molecular weight is 233 g/mol. The molecule has 1 unspecified atom stereocenters. The van der Waals surface area contributed by atoms with Gasteiger partial charge in [0.1, 0.15) is 12.2 Å². The van der Waals surface area contributed by atoms with E-state index < -0.39 is 17.7 Å². The van der Waals surface area contributed by atoms with Crippen LogP contribution in [0.1, 0.15) is 27.7 Å². The molecule has 0 spiro atoms. The van der Waals surface area contributed by atoms with Gasteiger partial charge in [-0.2, -0.15) is 0 Å². The van der Waals surface area contributed by atoms with Crippen LogP contribution >= 0.6 is 0 Å². The first-order valence-corrected chi connectivity index (χ1v) is 5.41. The van der Waals surface area contributed by atoms with Gasteiger partial charge < -0.3 is 14.2 Å². The Balaban J connectivity index is 4.12.